The number of carbonyl (C=O) groups is 1. The zero-order valence-corrected chi connectivity index (χ0v) is 10.2. The van der Waals surface area contributed by atoms with E-state index in [0.29, 0.717) is 0 Å². The number of rotatable bonds is 4. The molecule has 0 aliphatic carbocycles. The summed E-state index contributed by atoms with van der Waals surface area (Å²) in [6, 6.07) is 9.91. The average molecular weight is 228 g/mol. The fraction of sp³-hybridized carbons (Fsp3) is 0.286. The summed E-state index contributed by atoms with van der Waals surface area (Å²) < 4.78 is 1.86. The molecular formula is C14H16N2O. The molecule has 1 aromatic heterocycles. The molecule has 1 heterocycles. The SMILES string of the molecule is CCCc1c(C(C)=O)cnn1-c1ccccc1. The molecule has 0 radical (unpaired) electrons. The molecule has 0 saturated carbocycles. The van der Waals surface area contributed by atoms with E-state index in [1.165, 1.54) is 0 Å². The summed E-state index contributed by atoms with van der Waals surface area (Å²) in [5.41, 5.74) is 2.74. The van der Waals surface area contributed by atoms with Crippen molar-refractivity contribution in [2.45, 2.75) is 26.7 Å². The van der Waals surface area contributed by atoms with Gasteiger partial charge in [-0.05, 0) is 25.5 Å². The second-order valence-electron chi connectivity index (χ2n) is 4.06. The molecule has 0 saturated heterocycles. The number of Topliss-reactive ketones (excluding diaryl/α,β-unsaturated/α-hetero) is 1. The normalized spacial score (nSPS) is 10.5. The predicted octanol–water partition coefficient (Wildman–Crippen LogP) is 3.03. The average Bonchev–Trinajstić information content (AvgIpc) is 2.75. The molecule has 17 heavy (non-hydrogen) atoms. The summed E-state index contributed by atoms with van der Waals surface area (Å²) >= 11 is 0. The van der Waals surface area contributed by atoms with Gasteiger partial charge in [-0.2, -0.15) is 5.10 Å². The Labute approximate surface area is 101 Å². The molecule has 0 aliphatic heterocycles. The van der Waals surface area contributed by atoms with Crippen LogP contribution in [-0.4, -0.2) is 15.6 Å². The van der Waals surface area contributed by atoms with Crippen LogP contribution < -0.4 is 0 Å². The minimum Gasteiger partial charge on any atom is -0.294 e. The van der Waals surface area contributed by atoms with Gasteiger partial charge in [0.05, 0.1) is 23.1 Å². The monoisotopic (exact) mass is 228 g/mol. The molecule has 0 spiro atoms. The molecule has 2 rings (SSSR count). The van der Waals surface area contributed by atoms with Gasteiger partial charge in [-0.3, -0.25) is 4.79 Å². The van der Waals surface area contributed by atoms with Gasteiger partial charge in [0.25, 0.3) is 0 Å². The van der Waals surface area contributed by atoms with Gasteiger partial charge in [0.15, 0.2) is 5.78 Å². The van der Waals surface area contributed by atoms with Crippen molar-refractivity contribution in [2.24, 2.45) is 0 Å². The molecule has 0 unspecified atom stereocenters. The standard InChI is InChI=1S/C14H16N2O/c1-3-7-14-13(11(2)17)10-15-16(14)12-8-5-4-6-9-12/h4-6,8-10H,3,7H2,1-2H3. The maximum absolute atomic E-state index is 11.5. The van der Waals surface area contributed by atoms with Crippen LogP contribution in [0.25, 0.3) is 5.69 Å². The van der Waals surface area contributed by atoms with Gasteiger partial charge in [0, 0.05) is 0 Å². The molecule has 0 fully saturated rings. The Bertz CT molecular complexity index is 514. The van der Waals surface area contributed by atoms with Crippen LogP contribution in [0.3, 0.4) is 0 Å². The van der Waals surface area contributed by atoms with Crippen molar-refractivity contribution in [3.05, 3.63) is 47.8 Å². The quantitative estimate of drug-likeness (QED) is 0.754. The number of hydrogen-bond donors (Lipinski definition) is 0. The van der Waals surface area contributed by atoms with E-state index in [-0.39, 0.29) is 5.78 Å². The van der Waals surface area contributed by atoms with Crippen LogP contribution in [-0.2, 0) is 6.42 Å². The first-order valence-electron chi connectivity index (χ1n) is 5.87. The number of carbonyl (C=O) groups excluding carboxylic acids is 1. The maximum atomic E-state index is 11.5. The van der Waals surface area contributed by atoms with Crippen molar-refractivity contribution >= 4 is 5.78 Å². The second-order valence-corrected chi connectivity index (χ2v) is 4.06. The van der Waals surface area contributed by atoms with E-state index in [2.05, 4.69) is 12.0 Å². The minimum atomic E-state index is 0.0793. The fourth-order valence-electron chi connectivity index (χ4n) is 1.94. The summed E-state index contributed by atoms with van der Waals surface area (Å²) in [5.74, 6) is 0.0793. The molecule has 0 aliphatic rings. The van der Waals surface area contributed by atoms with Gasteiger partial charge < -0.3 is 0 Å². The lowest BCUT2D eigenvalue weighted by atomic mass is 10.1. The van der Waals surface area contributed by atoms with Crippen LogP contribution in [0.1, 0.15) is 36.3 Å². The molecule has 3 heteroatoms. The van der Waals surface area contributed by atoms with Crippen molar-refractivity contribution in [2.75, 3.05) is 0 Å². The van der Waals surface area contributed by atoms with Crippen LogP contribution >= 0.6 is 0 Å². The first-order chi connectivity index (χ1) is 8.24. The Hall–Kier alpha value is -1.90. The van der Waals surface area contributed by atoms with Crippen molar-refractivity contribution in [1.29, 1.82) is 0 Å². The van der Waals surface area contributed by atoms with E-state index >= 15 is 0 Å². The lowest BCUT2D eigenvalue weighted by molar-refractivity contribution is 0.101. The number of nitrogens with zero attached hydrogens (tertiary/aromatic N) is 2. The highest BCUT2D eigenvalue weighted by Gasteiger charge is 2.14. The number of aromatic nitrogens is 2. The molecule has 1 aromatic carbocycles. The van der Waals surface area contributed by atoms with Crippen LogP contribution in [0.5, 0.6) is 0 Å². The Morgan fingerprint density at radius 2 is 2.00 bits per heavy atom. The highest BCUT2D eigenvalue weighted by Crippen LogP contribution is 2.17. The van der Waals surface area contributed by atoms with Crippen LogP contribution in [0.4, 0.5) is 0 Å². The van der Waals surface area contributed by atoms with Crippen LogP contribution in [0, 0.1) is 0 Å². The highest BCUT2D eigenvalue weighted by molar-refractivity contribution is 5.95. The molecule has 0 amide bonds. The molecule has 3 nitrogen and oxygen atoms in total. The van der Waals surface area contributed by atoms with Crippen LogP contribution in [0.2, 0.25) is 0 Å². The van der Waals surface area contributed by atoms with E-state index in [9.17, 15) is 4.79 Å². The molecule has 88 valence electrons. The van der Waals surface area contributed by atoms with Gasteiger partial charge in [-0.25, -0.2) is 4.68 Å². The molecule has 2 aromatic rings. The topological polar surface area (TPSA) is 34.9 Å². The predicted molar refractivity (Wildman–Crippen MR) is 67.6 cm³/mol. The molecule has 0 N–H and O–H groups in total. The lowest BCUT2D eigenvalue weighted by Crippen LogP contribution is -2.05. The number of ketones is 1. The van der Waals surface area contributed by atoms with Gasteiger partial charge in [0.2, 0.25) is 0 Å². The van der Waals surface area contributed by atoms with E-state index in [1.807, 2.05) is 35.0 Å². The first-order valence-corrected chi connectivity index (χ1v) is 5.87. The molecule has 0 bridgehead atoms. The minimum absolute atomic E-state index is 0.0793. The number of hydrogen-bond acceptors (Lipinski definition) is 2. The van der Waals surface area contributed by atoms with Crippen molar-refractivity contribution in [3.8, 4) is 5.69 Å². The molecule has 0 atom stereocenters. The smallest absolute Gasteiger partial charge is 0.163 e. The first kappa shape index (κ1) is 11.6. The zero-order chi connectivity index (χ0) is 12.3. The Morgan fingerprint density at radius 3 is 2.59 bits per heavy atom. The third-order valence-corrected chi connectivity index (χ3v) is 2.74. The van der Waals surface area contributed by atoms with Gasteiger partial charge >= 0.3 is 0 Å². The summed E-state index contributed by atoms with van der Waals surface area (Å²) in [4.78, 5) is 11.5. The van der Waals surface area contributed by atoms with E-state index in [1.54, 1.807) is 13.1 Å². The Morgan fingerprint density at radius 1 is 1.29 bits per heavy atom. The Kier molecular flexibility index (Phi) is 3.38. The molecular weight excluding hydrogens is 212 g/mol. The Balaban J connectivity index is 2.51. The second kappa shape index (κ2) is 4.95. The number of benzene rings is 1. The largest absolute Gasteiger partial charge is 0.294 e. The third kappa shape index (κ3) is 2.28. The van der Waals surface area contributed by atoms with E-state index in [4.69, 9.17) is 0 Å². The highest BCUT2D eigenvalue weighted by atomic mass is 16.1. The summed E-state index contributed by atoms with van der Waals surface area (Å²) in [5, 5.41) is 4.32. The van der Waals surface area contributed by atoms with Gasteiger partial charge in [-0.1, -0.05) is 31.5 Å². The van der Waals surface area contributed by atoms with Crippen molar-refractivity contribution in [3.63, 3.8) is 0 Å². The van der Waals surface area contributed by atoms with Crippen molar-refractivity contribution in [1.82, 2.24) is 9.78 Å². The maximum Gasteiger partial charge on any atom is 0.163 e. The zero-order valence-electron chi connectivity index (χ0n) is 10.2. The summed E-state index contributed by atoms with van der Waals surface area (Å²) in [6.07, 6.45) is 3.53. The lowest BCUT2D eigenvalue weighted by Gasteiger charge is -2.07. The van der Waals surface area contributed by atoms with E-state index < -0.39 is 0 Å². The summed E-state index contributed by atoms with van der Waals surface area (Å²) in [6.45, 7) is 3.69. The number of para-hydroxylation sites is 1. The van der Waals surface area contributed by atoms with Gasteiger partial charge in [0.1, 0.15) is 0 Å². The van der Waals surface area contributed by atoms with Gasteiger partial charge in [-0.15, -0.1) is 0 Å². The van der Waals surface area contributed by atoms with Crippen LogP contribution in [0.15, 0.2) is 36.5 Å². The summed E-state index contributed by atoms with van der Waals surface area (Å²) in [7, 11) is 0. The van der Waals surface area contributed by atoms with Crippen molar-refractivity contribution < 1.29 is 4.79 Å². The third-order valence-electron chi connectivity index (χ3n) is 2.74. The fourth-order valence-corrected chi connectivity index (χ4v) is 1.94. The van der Waals surface area contributed by atoms with E-state index in [0.717, 1.165) is 29.8 Å².